The summed E-state index contributed by atoms with van der Waals surface area (Å²) in [6.07, 6.45) is 1.00. The van der Waals surface area contributed by atoms with E-state index in [4.69, 9.17) is 0 Å². The molecule has 0 aliphatic heterocycles. The van der Waals surface area contributed by atoms with Crippen molar-refractivity contribution >= 4 is 10.8 Å². The first-order chi connectivity index (χ1) is 10.3. The lowest BCUT2D eigenvalue weighted by molar-refractivity contribution is 0.592. The molecule has 1 atom stereocenters. The number of aryl methyl sites for hydroxylation is 1. The molecular weight excluding hydrogens is 254 g/mol. The normalized spacial score (nSPS) is 12.5. The second-order valence-corrected chi connectivity index (χ2v) is 5.64. The monoisotopic (exact) mass is 275 g/mol. The van der Waals surface area contributed by atoms with E-state index in [1.165, 1.54) is 27.5 Å². The number of fused-ring (bicyclic) bond motifs is 1. The van der Waals surface area contributed by atoms with Crippen LogP contribution in [-0.4, -0.2) is 7.05 Å². The summed E-state index contributed by atoms with van der Waals surface area (Å²) in [6.45, 7) is 2.13. The number of likely N-dealkylation sites (N-methyl/N-ethyl adjacent to an activating group) is 1. The highest BCUT2D eigenvalue weighted by atomic mass is 14.9. The van der Waals surface area contributed by atoms with Gasteiger partial charge in [0.15, 0.2) is 0 Å². The van der Waals surface area contributed by atoms with Crippen LogP contribution >= 0.6 is 0 Å². The van der Waals surface area contributed by atoms with E-state index in [1.54, 1.807) is 0 Å². The molecule has 0 spiro atoms. The van der Waals surface area contributed by atoms with E-state index in [9.17, 15) is 0 Å². The third-order valence-electron chi connectivity index (χ3n) is 4.08. The lowest BCUT2D eigenvalue weighted by Gasteiger charge is -2.17. The van der Waals surface area contributed by atoms with Gasteiger partial charge in [-0.3, -0.25) is 0 Å². The molecule has 1 unspecified atom stereocenters. The van der Waals surface area contributed by atoms with Gasteiger partial charge in [0, 0.05) is 6.04 Å². The summed E-state index contributed by atoms with van der Waals surface area (Å²) in [5.74, 6) is 0. The van der Waals surface area contributed by atoms with Crippen LogP contribution in [0.1, 0.15) is 22.7 Å². The van der Waals surface area contributed by atoms with Crippen LogP contribution in [0.25, 0.3) is 10.8 Å². The molecule has 3 rings (SSSR count). The van der Waals surface area contributed by atoms with Crippen molar-refractivity contribution in [1.82, 2.24) is 5.32 Å². The molecule has 0 aliphatic carbocycles. The maximum absolute atomic E-state index is 3.43. The molecule has 0 radical (unpaired) electrons. The Balaban J connectivity index is 1.86. The third-order valence-corrected chi connectivity index (χ3v) is 4.08. The average molecular weight is 275 g/mol. The molecular formula is C20H21N. The van der Waals surface area contributed by atoms with Crippen molar-refractivity contribution in [2.45, 2.75) is 19.4 Å². The minimum Gasteiger partial charge on any atom is -0.313 e. The Morgan fingerprint density at radius 3 is 2.29 bits per heavy atom. The Hall–Kier alpha value is -2.12. The zero-order valence-electron chi connectivity index (χ0n) is 12.6. The minimum atomic E-state index is 0.353. The molecule has 1 heteroatoms. The SMILES string of the molecule is CNC(Cc1ccc2ccccc2c1)c1ccc(C)cc1. The van der Waals surface area contributed by atoms with E-state index in [-0.39, 0.29) is 0 Å². The summed E-state index contributed by atoms with van der Waals surface area (Å²) in [6, 6.07) is 24.4. The zero-order chi connectivity index (χ0) is 14.7. The van der Waals surface area contributed by atoms with Gasteiger partial charge in [0.05, 0.1) is 0 Å². The van der Waals surface area contributed by atoms with Gasteiger partial charge in [-0.25, -0.2) is 0 Å². The largest absolute Gasteiger partial charge is 0.313 e. The van der Waals surface area contributed by atoms with Gasteiger partial charge in [-0.05, 0) is 42.3 Å². The summed E-state index contributed by atoms with van der Waals surface area (Å²) in [5, 5.41) is 6.05. The smallest absolute Gasteiger partial charge is 0.0358 e. The number of nitrogens with one attached hydrogen (secondary N) is 1. The summed E-state index contributed by atoms with van der Waals surface area (Å²) < 4.78 is 0. The maximum atomic E-state index is 3.43. The lowest BCUT2D eigenvalue weighted by Crippen LogP contribution is -2.18. The summed E-state index contributed by atoms with van der Waals surface area (Å²) in [5.41, 5.74) is 4.02. The van der Waals surface area contributed by atoms with Crippen LogP contribution in [0.15, 0.2) is 66.7 Å². The first-order valence-electron chi connectivity index (χ1n) is 7.48. The van der Waals surface area contributed by atoms with Crippen molar-refractivity contribution in [3.8, 4) is 0 Å². The Morgan fingerprint density at radius 2 is 1.57 bits per heavy atom. The number of rotatable bonds is 4. The highest BCUT2D eigenvalue weighted by Gasteiger charge is 2.10. The van der Waals surface area contributed by atoms with E-state index in [2.05, 4.69) is 79.0 Å². The topological polar surface area (TPSA) is 12.0 Å². The van der Waals surface area contributed by atoms with Gasteiger partial charge in [0.1, 0.15) is 0 Å². The highest BCUT2D eigenvalue weighted by Crippen LogP contribution is 2.22. The number of hydrogen-bond acceptors (Lipinski definition) is 1. The fourth-order valence-electron chi connectivity index (χ4n) is 2.79. The molecule has 21 heavy (non-hydrogen) atoms. The van der Waals surface area contributed by atoms with Crippen LogP contribution in [0.4, 0.5) is 0 Å². The standard InChI is InChI=1S/C20H21N/c1-15-7-10-18(11-8-15)20(21-2)14-16-9-12-17-5-3-4-6-19(17)13-16/h3-13,20-21H,14H2,1-2H3. The lowest BCUT2D eigenvalue weighted by atomic mass is 9.96. The van der Waals surface area contributed by atoms with Crippen LogP contribution in [0.5, 0.6) is 0 Å². The fraction of sp³-hybridized carbons (Fsp3) is 0.200. The van der Waals surface area contributed by atoms with Crippen LogP contribution in [0.2, 0.25) is 0 Å². The van der Waals surface area contributed by atoms with Gasteiger partial charge in [0.25, 0.3) is 0 Å². The van der Waals surface area contributed by atoms with Crippen molar-refractivity contribution in [3.63, 3.8) is 0 Å². The van der Waals surface area contributed by atoms with Crippen LogP contribution in [-0.2, 0) is 6.42 Å². The molecule has 3 aromatic rings. The first kappa shape index (κ1) is 13.8. The van der Waals surface area contributed by atoms with E-state index >= 15 is 0 Å². The van der Waals surface area contributed by atoms with Crippen molar-refractivity contribution < 1.29 is 0 Å². The molecule has 0 bridgehead atoms. The van der Waals surface area contributed by atoms with Crippen molar-refractivity contribution in [3.05, 3.63) is 83.4 Å². The third kappa shape index (κ3) is 3.14. The number of benzene rings is 3. The van der Waals surface area contributed by atoms with Gasteiger partial charge in [-0.15, -0.1) is 0 Å². The average Bonchev–Trinajstić information content (AvgIpc) is 2.53. The first-order valence-corrected chi connectivity index (χ1v) is 7.48. The Bertz CT molecular complexity index is 728. The van der Waals surface area contributed by atoms with E-state index in [1.807, 2.05) is 7.05 Å². The predicted molar refractivity (Wildman–Crippen MR) is 90.6 cm³/mol. The molecule has 0 aliphatic rings. The van der Waals surface area contributed by atoms with E-state index in [0.29, 0.717) is 6.04 Å². The molecule has 0 saturated carbocycles. The van der Waals surface area contributed by atoms with Crippen molar-refractivity contribution in [2.24, 2.45) is 0 Å². The molecule has 0 amide bonds. The summed E-state index contributed by atoms with van der Waals surface area (Å²) >= 11 is 0. The molecule has 0 saturated heterocycles. The van der Waals surface area contributed by atoms with Gasteiger partial charge >= 0.3 is 0 Å². The minimum absolute atomic E-state index is 0.353. The summed E-state index contributed by atoms with van der Waals surface area (Å²) in [4.78, 5) is 0. The molecule has 0 fully saturated rings. The predicted octanol–water partition coefficient (Wildman–Crippen LogP) is 4.65. The molecule has 0 heterocycles. The second kappa shape index (κ2) is 6.11. The van der Waals surface area contributed by atoms with Gasteiger partial charge in [0.2, 0.25) is 0 Å². The maximum Gasteiger partial charge on any atom is 0.0358 e. The second-order valence-electron chi connectivity index (χ2n) is 5.64. The van der Waals surface area contributed by atoms with Gasteiger partial charge in [-0.1, -0.05) is 72.3 Å². The Labute approximate surface area is 126 Å². The highest BCUT2D eigenvalue weighted by molar-refractivity contribution is 5.83. The molecule has 1 nitrogen and oxygen atoms in total. The van der Waals surface area contributed by atoms with E-state index < -0.39 is 0 Å². The van der Waals surface area contributed by atoms with Crippen LogP contribution in [0, 0.1) is 6.92 Å². The molecule has 1 N–H and O–H groups in total. The fourth-order valence-corrected chi connectivity index (χ4v) is 2.79. The molecule has 0 aromatic heterocycles. The molecule has 3 aromatic carbocycles. The quantitative estimate of drug-likeness (QED) is 0.730. The van der Waals surface area contributed by atoms with Crippen LogP contribution < -0.4 is 5.32 Å². The number of hydrogen-bond donors (Lipinski definition) is 1. The zero-order valence-corrected chi connectivity index (χ0v) is 12.6. The summed E-state index contributed by atoms with van der Waals surface area (Å²) in [7, 11) is 2.03. The molecule has 106 valence electrons. The van der Waals surface area contributed by atoms with Gasteiger partial charge < -0.3 is 5.32 Å². The van der Waals surface area contributed by atoms with Crippen LogP contribution in [0.3, 0.4) is 0 Å². The van der Waals surface area contributed by atoms with Gasteiger partial charge in [-0.2, -0.15) is 0 Å². The Morgan fingerprint density at radius 1 is 0.857 bits per heavy atom. The van der Waals surface area contributed by atoms with Crippen molar-refractivity contribution in [1.29, 1.82) is 0 Å². The van der Waals surface area contributed by atoms with E-state index in [0.717, 1.165) is 6.42 Å². The Kier molecular flexibility index (Phi) is 4.03. The van der Waals surface area contributed by atoms with Crippen molar-refractivity contribution in [2.75, 3.05) is 7.05 Å².